The number of halogens is 1. The van der Waals surface area contributed by atoms with Gasteiger partial charge < -0.3 is 10.2 Å². The Balaban J connectivity index is 1.47. The van der Waals surface area contributed by atoms with Crippen LogP contribution in [-0.4, -0.2) is 44.6 Å². The van der Waals surface area contributed by atoms with Gasteiger partial charge in [0.15, 0.2) is 0 Å². The van der Waals surface area contributed by atoms with Gasteiger partial charge in [-0.3, -0.25) is 14.3 Å². The number of rotatable bonds is 4. The molecule has 29 heavy (non-hydrogen) atoms. The third kappa shape index (κ3) is 4.15. The van der Waals surface area contributed by atoms with E-state index >= 15 is 0 Å². The Morgan fingerprint density at radius 2 is 2.10 bits per heavy atom. The molecule has 2 aromatic rings. The first kappa shape index (κ1) is 19.9. The van der Waals surface area contributed by atoms with Gasteiger partial charge in [-0.2, -0.15) is 5.10 Å². The van der Waals surface area contributed by atoms with E-state index in [9.17, 15) is 9.59 Å². The third-order valence-corrected chi connectivity index (χ3v) is 6.09. The van der Waals surface area contributed by atoms with Crippen molar-refractivity contribution in [1.82, 2.24) is 19.7 Å². The van der Waals surface area contributed by atoms with Gasteiger partial charge in [-0.1, -0.05) is 25.4 Å². The van der Waals surface area contributed by atoms with Crippen LogP contribution in [0.4, 0.5) is 5.82 Å². The van der Waals surface area contributed by atoms with Crippen LogP contribution in [0.2, 0.25) is 5.02 Å². The Morgan fingerprint density at radius 3 is 2.83 bits per heavy atom. The first-order chi connectivity index (χ1) is 13.7. The van der Waals surface area contributed by atoms with Gasteiger partial charge >= 0.3 is 0 Å². The lowest BCUT2D eigenvalue weighted by molar-refractivity contribution is -0.128. The van der Waals surface area contributed by atoms with E-state index in [2.05, 4.69) is 29.2 Å². The number of pyridine rings is 1. The summed E-state index contributed by atoms with van der Waals surface area (Å²) >= 11 is 6.43. The van der Waals surface area contributed by atoms with Crippen molar-refractivity contribution in [1.29, 1.82) is 0 Å². The SMILES string of the molecule is CC(=O)N1CCC(CC(=O)Nc2cc(-c3cnn4c3CC(C)(C)C4)c(Cl)cn2)C1. The fourth-order valence-corrected chi connectivity index (χ4v) is 4.53. The summed E-state index contributed by atoms with van der Waals surface area (Å²) in [5.74, 6) is 0.635. The molecule has 0 bridgehead atoms. The predicted octanol–water partition coefficient (Wildman–Crippen LogP) is 3.38. The predicted molar refractivity (Wildman–Crippen MR) is 112 cm³/mol. The second-order valence-corrected chi connectivity index (χ2v) is 9.33. The molecule has 1 atom stereocenters. The van der Waals surface area contributed by atoms with Crippen molar-refractivity contribution in [3.05, 3.63) is 29.2 Å². The van der Waals surface area contributed by atoms with Gasteiger partial charge in [0.25, 0.3) is 0 Å². The van der Waals surface area contributed by atoms with Crippen LogP contribution >= 0.6 is 11.6 Å². The molecule has 8 heteroatoms. The van der Waals surface area contributed by atoms with Crippen LogP contribution in [0.3, 0.4) is 0 Å². The molecule has 0 radical (unpaired) electrons. The zero-order valence-electron chi connectivity index (χ0n) is 17.0. The highest BCUT2D eigenvalue weighted by Gasteiger charge is 2.32. The number of anilines is 1. The maximum Gasteiger partial charge on any atom is 0.225 e. The molecule has 0 aromatic carbocycles. The average Bonchev–Trinajstić information content (AvgIpc) is 3.31. The second kappa shape index (κ2) is 7.44. The Bertz CT molecular complexity index is 968. The smallest absolute Gasteiger partial charge is 0.225 e. The maximum atomic E-state index is 12.5. The molecule has 2 aromatic heterocycles. The van der Waals surface area contributed by atoms with Crippen molar-refractivity contribution >= 4 is 29.2 Å². The lowest BCUT2D eigenvalue weighted by Crippen LogP contribution is -2.26. The van der Waals surface area contributed by atoms with Gasteiger partial charge in [-0.15, -0.1) is 0 Å². The van der Waals surface area contributed by atoms with Crippen molar-refractivity contribution in [3.63, 3.8) is 0 Å². The topological polar surface area (TPSA) is 80.1 Å². The zero-order chi connectivity index (χ0) is 20.8. The van der Waals surface area contributed by atoms with E-state index in [0.717, 1.165) is 42.8 Å². The molecule has 2 aliphatic heterocycles. The number of carbonyl (C=O) groups is 2. The first-order valence-electron chi connectivity index (χ1n) is 9.98. The highest BCUT2D eigenvalue weighted by molar-refractivity contribution is 6.33. The monoisotopic (exact) mass is 415 g/mol. The van der Waals surface area contributed by atoms with Crippen molar-refractivity contribution in [2.24, 2.45) is 11.3 Å². The van der Waals surface area contributed by atoms with Crippen molar-refractivity contribution in [2.75, 3.05) is 18.4 Å². The van der Waals surface area contributed by atoms with Crippen LogP contribution in [0, 0.1) is 11.3 Å². The number of nitrogens with zero attached hydrogens (tertiary/aromatic N) is 4. The van der Waals surface area contributed by atoms with Gasteiger partial charge in [0, 0.05) is 56.0 Å². The van der Waals surface area contributed by atoms with Crippen LogP contribution in [0.1, 0.15) is 39.3 Å². The number of hydrogen-bond donors (Lipinski definition) is 1. The Morgan fingerprint density at radius 1 is 1.31 bits per heavy atom. The number of likely N-dealkylation sites (tertiary alicyclic amines) is 1. The fourth-order valence-electron chi connectivity index (χ4n) is 4.33. The van der Waals surface area contributed by atoms with E-state index in [0.29, 0.717) is 23.8 Å². The molecule has 4 rings (SSSR count). The summed E-state index contributed by atoms with van der Waals surface area (Å²) in [6.07, 6.45) is 5.57. The minimum Gasteiger partial charge on any atom is -0.343 e. The molecule has 154 valence electrons. The number of nitrogens with one attached hydrogen (secondary N) is 1. The number of hydrogen-bond acceptors (Lipinski definition) is 4. The molecule has 1 fully saturated rings. The van der Waals surface area contributed by atoms with Gasteiger partial charge in [0.1, 0.15) is 5.82 Å². The largest absolute Gasteiger partial charge is 0.343 e. The third-order valence-electron chi connectivity index (χ3n) is 5.79. The summed E-state index contributed by atoms with van der Waals surface area (Å²) < 4.78 is 2.03. The molecule has 0 saturated carbocycles. The quantitative estimate of drug-likeness (QED) is 0.830. The van der Waals surface area contributed by atoms with Crippen LogP contribution < -0.4 is 5.32 Å². The van der Waals surface area contributed by atoms with Gasteiger partial charge in [-0.05, 0) is 30.2 Å². The molecule has 7 nitrogen and oxygen atoms in total. The summed E-state index contributed by atoms with van der Waals surface area (Å²) in [4.78, 5) is 30.0. The summed E-state index contributed by atoms with van der Waals surface area (Å²) in [5, 5.41) is 7.93. The highest BCUT2D eigenvalue weighted by atomic mass is 35.5. The van der Waals surface area contributed by atoms with Crippen molar-refractivity contribution < 1.29 is 9.59 Å². The Labute approximate surface area is 175 Å². The van der Waals surface area contributed by atoms with Crippen LogP contribution in [0.15, 0.2) is 18.5 Å². The van der Waals surface area contributed by atoms with Gasteiger partial charge in [-0.25, -0.2) is 4.98 Å². The lowest BCUT2D eigenvalue weighted by Gasteiger charge is -2.15. The van der Waals surface area contributed by atoms with Crippen LogP contribution in [0.5, 0.6) is 0 Å². The minimum atomic E-state index is -0.0949. The van der Waals surface area contributed by atoms with Crippen LogP contribution in [0.25, 0.3) is 11.1 Å². The normalized spacial score (nSPS) is 20.0. The van der Waals surface area contributed by atoms with E-state index in [1.165, 1.54) is 0 Å². The Hall–Kier alpha value is -2.41. The van der Waals surface area contributed by atoms with Crippen molar-refractivity contribution in [3.8, 4) is 11.1 Å². The van der Waals surface area contributed by atoms with Gasteiger partial charge in [0.05, 0.1) is 11.2 Å². The molecule has 2 aliphatic rings. The number of aromatic nitrogens is 3. The number of fused-ring (bicyclic) bond motifs is 1. The zero-order valence-corrected chi connectivity index (χ0v) is 17.8. The minimum absolute atomic E-state index is 0.0637. The van der Waals surface area contributed by atoms with Gasteiger partial charge in [0.2, 0.25) is 11.8 Å². The summed E-state index contributed by atoms with van der Waals surface area (Å²) in [7, 11) is 0. The van der Waals surface area contributed by atoms with E-state index < -0.39 is 0 Å². The molecule has 0 spiro atoms. The molecule has 1 saturated heterocycles. The standard InChI is InChI=1S/C21H26ClN5O2/c1-13(28)26-5-4-14(11-26)6-20(29)25-19-7-15(17(22)10-23-19)16-9-24-27-12-21(2,3)8-18(16)27/h7,9-10,14H,4-6,8,11-12H2,1-3H3,(H,23,25,29). The van der Waals surface area contributed by atoms with Crippen molar-refractivity contribution in [2.45, 2.75) is 46.6 Å². The summed E-state index contributed by atoms with van der Waals surface area (Å²) in [6, 6.07) is 1.82. The Kier molecular flexibility index (Phi) is 5.11. The molecule has 1 unspecified atom stereocenters. The molecule has 2 amide bonds. The molecule has 0 aliphatic carbocycles. The fraction of sp³-hybridized carbons (Fsp3) is 0.524. The molecule has 4 heterocycles. The van der Waals surface area contributed by atoms with E-state index in [1.54, 1.807) is 18.0 Å². The average molecular weight is 416 g/mol. The summed E-state index contributed by atoms with van der Waals surface area (Å²) in [5.41, 5.74) is 3.16. The van der Waals surface area contributed by atoms with E-state index in [-0.39, 0.29) is 23.1 Å². The molecule has 1 N–H and O–H groups in total. The number of amides is 2. The molecular formula is C21H26ClN5O2. The second-order valence-electron chi connectivity index (χ2n) is 8.93. The number of carbonyl (C=O) groups excluding carboxylic acids is 2. The van der Waals surface area contributed by atoms with E-state index in [4.69, 9.17) is 11.6 Å². The molecular weight excluding hydrogens is 390 g/mol. The first-order valence-corrected chi connectivity index (χ1v) is 10.4. The lowest BCUT2D eigenvalue weighted by atomic mass is 9.89. The van der Waals surface area contributed by atoms with Crippen LogP contribution in [-0.2, 0) is 22.6 Å². The highest BCUT2D eigenvalue weighted by Crippen LogP contribution is 2.39. The van der Waals surface area contributed by atoms with E-state index in [1.807, 2.05) is 16.9 Å². The maximum absolute atomic E-state index is 12.5. The summed E-state index contributed by atoms with van der Waals surface area (Å²) in [6.45, 7) is 8.26.